The second-order valence-electron chi connectivity index (χ2n) is 9.24. The van der Waals surface area contributed by atoms with Crippen LogP contribution in [0.15, 0.2) is 24.4 Å². The first kappa shape index (κ1) is 20.0. The van der Waals surface area contributed by atoms with Crippen molar-refractivity contribution in [3.05, 3.63) is 35.5 Å². The largest absolute Gasteiger partial charge is 0.361 e. The van der Waals surface area contributed by atoms with E-state index in [1.54, 1.807) is 0 Å². The van der Waals surface area contributed by atoms with Gasteiger partial charge in [-0.15, -0.1) is 0 Å². The zero-order valence-corrected chi connectivity index (χ0v) is 18.0. The van der Waals surface area contributed by atoms with E-state index in [1.807, 2.05) is 27.7 Å². The Morgan fingerprint density at radius 1 is 1.24 bits per heavy atom. The molecule has 1 aliphatic carbocycles. The van der Waals surface area contributed by atoms with Gasteiger partial charge in [0.15, 0.2) is 0 Å². The summed E-state index contributed by atoms with van der Waals surface area (Å²) in [5, 5.41) is 4.21. The molecule has 156 valence electrons. The number of urea groups is 1. The molecule has 2 unspecified atom stereocenters. The van der Waals surface area contributed by atoms with E-state index in [-0.39, 0.29) is 29.9 Å². The molecule has 0 bridgehead atoms. The monoisotopic (exact) mass is 396 g/mol. The van der Waals surface area contributed by atoms with E-state index in [4.69, 9.17) is 0 Å². The maximum absolute atomic E-state index is 13.5. The number of likely N-dealkylation sites (N-methyl/N-ethyl adjacent to an activating group) is 1. The van der Waals surface area contributed by atoms with Crippen LogP contribution in [0.2, 0.25) is 0 Å². The quantitative estimate of drug-likeness (QED) is 0.835. The summed E-state index contributed by atoms with van der Waals surface area (Å²) in [5.74, 6) is 0.0599. The number of aromatic amines is 1. The Balaban J connectivity index is 1.63. The van der Waals surface area contributed by atoms with E-state index in [1.165, 1.54) is 26.9 Å². The molecule has 1 saturated heterocycles. The first-order valence-electron chi connectivity index (χ1n) is 10.7. The van der Waals surface area contributed by atoms with Crippen molar-refractivity contribution < 1.29 is 9.59 Å². The second kappa shape index (κ2) is 7.48. The van der Waals surface area contributed by atoms with Crippen molar-refractivity contribution in [2.45, 2.75) is 64.6 Å². The van der Waals surface area contributed by atoms with Crippen molar-refractivity contribution in [1.82, 2.24) is 20.1 Å². The van der Waals surface area contributed by atoms with Crippen molar-refractivity contribution >= 4 is 22.8 Å². The summed E-state index contributed by atoms with van der Waals surface area (Å²) < 4.78 is 0. The Bertz CT molecular complexity index is 932. The van der Waals surface area contributed by atoms with Crippen molar-refractivity contribution in [3.63, 3.8) is 0 Å². The van der Waals surface area contributed by atoms with Crippen LogP contribution in [0, 0.1) is 5.92 Å². The van der Waals surface area contributed by atoms with Gasteiger partial charge in [0.05, 0.1) is 5.92 Å². The number of benzene rings is 1. The lowest BCUT2D eigenvalue weighted by Crippen LogP contribution is -2.56. The summed E-state index contributed by atoms with van der Waals surface area (Å²) in [7, 11) is 2.11. The number of carbonyl (C=O) groups is 2. The Morgan fingerprint density at radius 2 is 2.00 bits per heavy atom. The van der Waals surface area contributed by atoms with Crippen LogP contribution in [0.4, 0.5) is 4.79 Å². The number of likely N-dealkylation sites (tertiary alicyclic amines) is 1. The lowest BCUT2D eigenvalue weighted by atomic mass is 9.72. The average molecular weight is 397 g/mol. The van der Waals surface area contributed by atoms with Crippen LogP contribution < -0.4 is 5.32 Å². The molecule has 0 spiro atoms. The van der Waals surface area contributed by atoms with Gasteiger partial charge in [-0.05, 0) is 64.8 Å². The molecule has 2 aromatic rings. The minimum Gasteiger partial charge on any atom is -0.361 e. The van der Waals surface area contributed by atoms with Gasteiger partial charge >= 0.3 is 6.03 Å². The molecule has 0 radical (unpaired) electrons. The van der Waals surface area contributed by atoms with Gasteiger partial charge in [0.2, 0.25) is 5.91 Å². The average Bonchev–Trinajstić information content (AvgIpc) is 3.06. The highest BCUT2D eigenvalue weighted by molar-refractivity contribution is 5.96. The molecule has 1 aliphatic heterocycles. The predicted molar refractivity (Wildman–Crippen MR) is 115 cm³/mol. The van der Waals surface area contributed by atoms with Crippen LogP contribution in [-0.4, -0.2) is 58.4 Å². The third kappa shape index (κ3) is 3.44. The summed E-state index contributed by atoms with van der Waals surface area (Å²) in [6.45, 7) is 8.32. The van der Waals surface area contributed by atoms with Crippen LogP contribution in [-0.2, 0) is 11.2 Å². The molecule has 1 aromatic heterocycles. The number of nitrogens with one attached hydrogen (secondary N) is 2. The fourth-order valence-corrected chi connectivity index (χ4v) is 5.22. The lowest BCUT2D eigenvalue weighted by Gasteiger charge is -2.46. The normalized spacial score (nSPS) is 24.0. The number of rotatable bonds is 3. The molecule has 2 heterocycles. The Morgan fingerprint density at radius 3 is 2.69 bits per heavy atom. The van der Waals surface area contributed by atoms with Crippen molar-refractivity contribution in [1.29, 1.82) is 0 Å². The number of hydrogen-bond donors (Lipinski definition) is 2. The Labute approximate surface area is 172 Å². The zero-order valence-electron chi connectivity index (χ0n) is 18.0. The van der Waals surface area contributed by atoms with Crippen LogP contribution >= 0.6 is 0 Å². The molecule has 3 atom stereocenters. The number of H-pyrrole nitrogens is 1. The smallest absolute Gasteiger partial charge is 0.324 e. The van der Waals surface area contributed by atoms with Crippen LogP contribution in [0.3, 0.4) is 0 Å². The van der Waals surface area contributed by atoms with Crippen LogP contribution in [0.5, 0.6) is 0 Å². The predicted octanol–water partition coefficient (Wildman–Crippen LogP) is 3.48. The fourth-order valence-electron chi connectivity index (χ4n) is 5.22. The molecular weight excluding hydrogens is 364 g/mol. The van der Waals surface area contributed by atoms with Crippen LogP contribution in [0.1, 0.15) is 51.2 Å². The summed E-state index contributed by atoms with van der Waals surface area (Å²) in [6, 6.07) is 6.36. The van der Waals surface area contributed by atoms with E-state index < -0.39 is 0 Å². The third-order valence-electron chi connectivity index (χ3n) is 6.46. The topological polar surface area (TPSA) is 68.4 Å². The minimum atomic E-state index is -0.288. The first-order chi connectivity index (χ1) is 13.8. The maximum atomic E-state index is 13.5. The van der Waals surface area contributed by atoms with E-state index in [0.29, 0.717) is 18.5 Å². The molecule has 4 rings (SSSR count). The van der Waals surface area contributed by atoms with Gasteiger partial charge in [-0.1, -0.05) is 12.1 Å². The molecule has 0 saturated carbocycles. The number of hydrogen-bond acceptors (Lipinski definition) is 3. The van der Waals surface area contributed by atoms with Crippen molar-refractivity contribution in [2.24, 2.45) is 5.92 Å². The lowest BCUT2D eigenvalue weighted by molar-refractivity contribution is -0.136. The van der Waals surface area contributed by atoms with E-state index in [2.05, 4.69) is 46.6 Å². The summed E-state index contributed by atoms with van der Waals surface area (Å²) in [6.07, 6.45) is 3.92. The van der Waals surface area contributed by atoms with E-state index in [0.717, 1.165) is 12.8 Å². The summed E-state index contributed by atoms with van der Waals surface area (Å²) >= 11 is 0. The standard InChI is InChI=1S/C23H32N4O2/c1-13(2)25-23(29)27(14(3)4)22(28)16-9-18-17-7-6-8-19-21(17)15(11-24-19)10-20(18)26(5)12-16/h6-8,11,13-14,16,18,20,24H,9-10,12H2,1-5H3,(H,25,29)/t16?,18?,20-/m1/s1. The van der Waals surface area contributed by atoms with Gasteiger partial charge in [0.1, 0.15) is 0 Å². The second-order valence-corrected chi connectivity index (χ2v) is 9.24. The third-order valence-corrected chi connectivity index (χ3v) is 6.46. The molecule has 6 nitrogen and oxygen atoms in total. The molecule has 1 fully saturated rings. The number of nitrogens with zero attached hydrogens (tertiary/aromatic N) is 2. The van der Waals surface area contributed by atoms with Crippen LogP contribution in [0.25, 0.3) is 10.9 Å². The van der Waals surface area contributed by atoms with E-state index >= 15 is 0 Å². The summed E-state index contributed by atoms with van der Waals surface area (Å²) in [4.78, 5) is 33.3. The Hall–Kier alpha value is -2.34. The molecular formula is C23H32N4O2. The molecule has 3 amide bonds. The SMILES string of the molecule is CC(C)NC(=O)N(C(=O)C1CC2c3cccc4[nH]cc(c34)C[C@H]2N(C)C1)C(C)C. The van der Waals surface area contributed by atoms with Gasteiger partial charge in [0, 0.05) is 47.7 Å². The van der Waals surface area contributed by atoms with Crippen molar-refractivity contribution in [3.8, 4) is 0 Å². The molecule has 2 aliphatic rings. The van der Waals surface area contributed by atoms with E-state index in [9.17, 15) is 9.59 Å². The van der Waals surface area contributed by atoms with Gasteiger partial charge in [-0.2, -0.15) is 0 Å². The first-order valence-corrected chi connectivity index (χ1v) is 10.7. The fraction of sp³-hybridized carbons (Fsp3) is 0.565. The number of fused-ring (bicyclic) bond motifs is 2. The molecule has 29 heavy (non-hydrogen) atoms. The van der Waals surface area contributed by atoms with Gasteiger partial charge in [-0.25, -0.2) is 4.79 Å². The number of amides is 3. The molecule has 1 aromatic carbocycles. The highest BCUT2D eigenvalue weighted by Crippen LogP contribution is 2.44. The summed E-state index contributed by atoms with van der Waals surface area (Å²) in [5.41, 5.74) is 3.88. The number of piperidine rings is 1. The zero-order chi connectivity index (χ0) is 20.9. The van der Waals surface area contributed by atoms with Gasteiger partial charge in [-0.3, -0.25) is 9.69 Å². The van der Waals surface area contributed by atoms with Gasteiger partial charge in [0.25, 0.3) is 0 Å². The highest BCUT2D eigenvalue weighted by Gasteiger charge is 2.43. The number of aromatic nitrogens is 1. The minimum absolute atomic E-state index is 0.00193. The maximum Gasteiger partial charge on any atom is 0.324 e. The number of carbonyl (C=O) groups excluding carboxylic acids is 2. The van der Waals surface area contributed by atoms with Crippen molar-refractivity contribution in [2.75, 3.05) is 13.6 Å². The molecule has 6 heteroatoms. The highest BCUT2D eigenvalue weighted by atomic mass is 16.2. The van der Waals surface area contributed by atoms with Gasteiger partial charge < -0.3 is 15.2 Å². The Kier molecular flexibility index (Phi) is 5.15. The number of imide groups is 1. The molecule has 2 N–H and O–H groups in total.